The fraction of sp³-hybridized carbons (Fsp3) is 0.476. The summed E-state index contributed by atoms with van der Waals surface area (Å²) in [4.78, 5) is 14.5. The molecule has 1 amide bonds. The van der Waals surface area contributed by atoms with Crippen molar-refractivity contribution in [1.29, 1.82) is 0 Å². The van der Waals surface area contributed by atoms with Crippen molar-refractivity contribution in [2.45, 2.75) is 43.1 Å². The molecule has 3 aliphatic rings. The Morgan fingerprint density at radius 2 is 2.13 bits per heavy atom. The Kier molecular flexibility index (Phi) is 5.83. The number of aliphatic hydroxyl groups is 1. The minimum Gasteiger partial charge on any atom is -0.508 e. The lowest BCUT2D eigenvalue weighted by Crippen LogP contribution is -2.40. The highest BCUT2D eigenvalue weighted by Crippen LogP contribution is 2.47. The number of anilines is 2. The van der Waals surface area contributed by atoms with Crippen LogP contribution in [0, 0.1) is 0 Å². The normalized spacial score (nSPS) is 26.0. The summed E-state index contributed by atoms with van der Waals surface area (Å²) in [7, 11) is -1.98. The van der Waals surface area contributed by atoms with Gasteiger partial charge in [0.05, 0.1) is 42.2 Å². The lowest BCUT2D eigenvalue weighted by Gasteiger charge is -2.40. The van der Waals surface area contributed by atoms with Crippen LogP contribution in [0.3, 0.4) is 0 Å². The third kappa shape index (κ3) is 4.48. The van der Waals surface area contributed by atoms with Gasteiger partial charge in [-0.3, -0.25) is 9.52 Å². The molecule has 1 saturated heterocycles. The predicted molar refractivity (Wildman–Crippen MR) is 120 cm³/mol. The molecule has 31 heavy (non-hydrogen) atoms. The van der Waals surface area contributed by atoms with Gasteiger partial charge in [-0.2, -0.15) is 0 Å². The average Bonchev–Trinajstić information content (AvgIpc) is 3.13. The number of carbonyl (C=O) groups excluding carboxylic acids is 1. The van der Waals surface area contributed by atoms with Crippen molar-refractivity contribution in [2.75, 3.05) is 29.9 Å². The van der Waals surface area contributed by atoms with Crippen molar-refractivity contribution in [3.8, 4) is 5.75 Å². The Morgan fingerprint density at radius 3 is 2.77 bits per heavy atom. The van der Waals surface area contributed by atoms with Crippen molar-refractivity contribution in [2.24, 2.45) is 0 Å². The van der Waals surface area contributed by atoms with Crippen LogP contribution in [-0.4, -0.2) is 55.7 Å². The van der Waals surface area contributed by atoms with Gasteiger partial charge in [0.25, 0.3) is 0 Å². The van der Waals surface area contributed by atoms with Crippen molar-refractivity contribution in [3.63, 3.8) is 0 Å². The number of aliphatic hydroxyl groups excluding tert-OH is 1. The molecule has 1 fully saturated rings. The fourth-order valence-corrected chi connectivity index (χ4v) is 5.39. The third-order valence-corrected chi connectivity index (χ3v) is 6.81. The molecule has 1 aromatic rings. The zero-order valence-corrected chi connectivity index (χ0v) is 19.0. The molecule has 1 aromatic carbocycles. The van der Waals surface area contributed by atoms with Crippen LogP contribution < -0.4 is 14.8 Å². The SMILES string of the molecule is COc1cc(NS(C)(=O)=O)cc2c1NC(C1=C(O)C=CC(Cl)C1)CC2N1CCCC1=O. The van der Waals surface area contributed by atoms with E-state index in [-0.39, 0.29) is 29.1 Å². The Balaban J connectivity index is 1.81. The summed E-state index contributed by atoms with van der Waals surface area (Å²) in [6.45, 7) is 0.630. The van der Waals surface area contributed by atoms with Gasteiger partial charge < -0.3 is 20.1 Å². The molecule has 3 atom stereocenters. The molecule has 3 N–H and O–H groups in total. The maximum atomic E-state index is 12.6. The third-order valence-electron chi connectivity index (χ3n) is 5.91. The van der Waals surface area contributed by atoms with E-state index in [1.54, 1.807) is 24.3 Å². The topological polar surface area (TPSA) is 108 Å². The monoisotopic (exact) mass is 467 g/mol. The number of halogens is 1. The van der Waals surface area contributed by atoms with E-state index in [0.29, 0.717) is 42.9 Å². The average molecular weight is 468 g/mol. The van der Waals surface area contributed by atoms with Crippen molar-refractivity contribution in [1.82, 2.24) is 4.90 Å². The van der Waals surface area contributed by atoms with E-state index in [1.807, 2.05) is 4.90 Å². The van der Waals surface area contributed by atoms with Crippen LogP contribution in [0.15, 0.2) is 35.6 Å². The van der Waals surface area contributed by atoms with E-state index in [0.717, 1.165) is 23.8 Å². The highest BCUT2D eigenvalue weighted by molar-refractivity contribution is 7.92. The first kappa shape index (κ1) is 21.8. The zero-order chi connectivity index (χ0) is 22.3. The molecule has 0 saturated carbocycles. The summed E-state index contributed by atoms with van der Waals surface area (Å²) in [5.41, 5.74) is 2.62. The van der Waals surface area contributed by atoms with Gasteiger partial charge in [-0.1, -0.05) is 6.08 Å². The van der Waals surface area contributed by atoms with Crippen LogP contribution in [0.4, 0.5) is 11.4 Å². The molecule has 2 aliphatic heterocycles. The highest BCUT2D eigenvalue weighted by Gasteiger charge is 2.39. The fourth-order valence-electron chi connectivity index (χ4n) is 4.60. The molecular weight excluding hydrogens is 442 g/mol. The van der Waals surface area contributed by atoms with Gasteiger partial charge in [0.1, 0.15) is 11.5 Å². The lowest BCUT2D eigenvalue weighted by molar-refractivity contribution is -0.130. The maximum absolute atomic E-state index is 12.6. The minimum atomic E-state index is -3.49. The molecule has 1 aliphatic carbocycles. The van der Waals surface area contributed by atoms with E-state index in [9.17, 15) is 18.3 Å². The van der Waals surface area contributed by atoms with Gasteiger partial charge >= 0.3 is 0 Å². The molecule has 2 heterocycles. The number of methoxy groups -OCH3 is 1. The van der Waals surface area contributed by atoms with Crippen LogP contribution in [-0.2, 0) is 14.8 Å². The van der Waals surface area contributed by atoms with Gasteiger partial charge in [-0.05, 0) is 37.0 Å². The maximum Gasteiger partial charge on any atom is 0.229 e. The number of rotatable bonds is 5. The number of ether oxygens (including phenoxy) is 1. The molecule has 168 valence electrons. The summed E-state index contributed by atoms with van der Waals surface area (Å²) >= 11 is 6.31. The van der Waals surface area contributed by atoms with Gasteiger partial charge in [0, 0.05) is 24.6 Å². The molecule has 3 unspecified atom stereocenters. The standard InChI is InChI=1S/C21H26ClN3O5S/c1-30-19-10-13(24-31(2,28)29)9-15-17(25-7-3-4-20(25)27)11-16(23-21(15)19)14-8-12(22)5-6-18(14)26/h5-6,9-10,12,16-17,23-24,26H,3-4,7-8,11H2,1-2H3. The molecule has 0 radical (unpaired) electrons. The quantitative estimate of drug-likeness (QED) is 0.573. The summed E-state index contributed by atoms with van der Waals surface area (Å²) < 4.78 is 31.7. The van der Waals surface area contributed by atoms with Crippen molar-refractivity contribution >= 4 is 38.9 Å². The molecule has 8 nitrogen and oxygen atoms in total. The van der Waals surface area contributed by atoms with Gasteiger partial charge in [0.15, 0.2) is 0 Å². The summed E-state index contributed by atoms with van der Waals surface area (Å²) in [5.74, 6) is 0.701. The van der Waals surface area contributed by atoms with E-state index < -0.39 is 10.0 Å². The second-order valence-corrected chi connectivity index (χ2v) is 10.5. The van der Waals surface area contributed by atoms with Crippen LogP contribution in [0.2, 0.25) is 0 Å². The number of likely N-dealkylation sites (tertiary alicyclic amines) is 1. The van der Waals surface area contributed by atoms with Crippen LogP contribution in [0.1, 0.15) is 37.3 Å². The van der Waals surface area contributed by atoms with Crippen molar-refractivity contribution in [3.05, 3.63) is 41.2 Å². The Labute approximate surface area is 187 Å². The number of benzene rings is 1. The number of amides is 1. The van der Waals surface area contributed by atoms with E-state index in [4.69, 9.17) is 16.3 Å². The van der Waals surface area contributed by atoms with Gasteiger partial charge in [-0.25, -0.2) is 8.42 Å². The Morgan fingerprint density at radius 1 is 1.35 bits per heavy atom. The number of sulfonamides is 1. The second kappa shape index (κ2) is 8.27. The summed E-state index contributed by atoms with van der Waals surface area (Å²) in [6.07, 6.45) is 6.74. The van der Waals surface area contributed by atoms with E-state index in [2.05, 4.69) is 10.0 Å². The molecule has 10 heteroatoms. The molecular formula is C21H26ClN3O5S. The Bertz CT molecular complexity index is 1070. The van der Waals surface area contributed by atoms with Crippen molar-refractivity contribution < 1.29 is 23.1 Å². The number of nitrogens with zero attached hydrogens (tertiary/aromatic N) is 1. The first-order valence-electron chi connectivity index (χ1n) is 10.2. The molecule has 0 spiro atoms. The second-order valence-electron chi connectivity index (χ2n) is 8.15. The van der Waals surface area contributed by atoms with Gasteiger partial charge in [0.2, 0.25) is 15.9 Å². The first-order valence-corrected chi connectivity index (χ1v) is 12.5. The number of fused-ring (bicyclic) bond motifs is 1. The number of carbonyl (C=O) groups is 1. The first-order chi connectivity index (χ1) is 14.7. The van der Waals surface area contributed by atoms with Crippen LogP contribution in [0.5, 0.6) is 5.75 Å². The molecule has 0 bridgehead atoms. The number of alkyl halides is 1. The zero-order valence-electron chi connectivity index (χ0n) is 17.4. The molecule has 4 rings (SSSR count). The lowest BCUT2D eigenvalue weighted by atomic mass is 9.84. The number of hydrogen-bond donors (Lipinski definition) is 3. The minimum absolute atomic E-state index is 0.0639. The number of hydrogen-bond acceptors (Lipinski definition) is 6. The van der Waals surface area contributed by atoms with Gasteiger partial charge in [-0.15, -0.1) is 11.6 Å². The van der Waals surface area contributed by atoms with E-state index >= 15 is 0 Å². The van der Waals surface area contributed by atoms with E-state index in [1.165, 1.54) is 7.11 Å². The summed E-state index contributed by atoms with van der Waals surface area (Å²) in [6, 6.07) is 2.82. The number of nitrogens with one attached hydrogen (secondary N) is 2. The summed E-state index contributed by atoms with van der Waals surface area (Å²) in [5, 5.41) is 13.7. The van der Waals surface area contributed by atoms with Crippen LogP contribution in [0.25, 0.3) is 0 Å². The highest BCUT2D eigenvalue weighted by atomic mass is 35.5. The Hall–Kier alpha value is -2.39. The predicted octanol–water partition coefficient (Wildman–Crippen LogP) is 3.29. The number of allylic oxidation sites excluding steroid dienone is 2. The largest absolute Gasteiger partial charge is 0.508 e. The van der Waals surface area contributed by atoms with Crippen LogP contribution >= 0.6 is 11.6 Å². The molecule has 0 aromatic heterocycles. The smallest absolute Gasteiger partial charge is 0.229 e.